The molecule has 1 N–H and O–H groups in total. The number of hydrogen-bond acceptors (Lipinski definition) is 3. The van der Waals surface area contributed by atoms with Crippen molar-refractivity contribution in [1.82, 2.24) is 10.4 Å². The molecule has 1 heterocycles. The number of hydrazone groups is 1. The third-order valence-corrected chi connectivity index (χ3v) is 3.50. The zero-order valence-corrected chi connectivity index (χ0v) is 15.9. The molecular formula is C18H15Cl2FeN3O+2. The molecule has 2 aliphatic carbocycles. The van der Waals surface area contributed by atoms with Gasteiger partial charge >= 0.3 is 17.1 Å². The van der Waals surface area contributed by atoms with Crippen LogP contribution in [0.3, 0.4) is 0 Å². The maximum absolute atomic E-state index is 11.9. The first-order valence-electron chi connectivity index (χ1n) is 7.13. The molecule has 0 aliphatic heterocycles. The Morgan fingerprint density at radius 3 is 2.12 bits per heavy atom. The van der Waals surface area contributed by atoms with E-state index in [1.54, 1.807) is 6.92 Å². The Kier molecular flexibility index (Phi) is 10.7. The number of carbonyl (C=O) groups is 1. The third-order valence-electron chi connectivity index (χ3n) is 2.99. The van der Waals surface area contributed by atoms with Crippen LogP contribution in [0.15, 0.2) is 17.2 Å². The van der Waals surface area contributed by atoms with Crippen molar-refractivity contribution in [1.29, 1.82) is 0 Å². The van der Waals surface area contributed by atoms with Gasteiger partial charge in [0.25, 0.3) is 5.91 Å². The average Bonchev–Trinajstić information content (AvgIpc) is 3.30. The molecule has 1 aromatic rings. The Morgan fingerprint density at radius 1 is 1.00 bits per heavy atom. The van der Waals surface area contributed by atoms with Crippen molar-refractivity contribution >= 4 is 34.8 Å². The first kappa shape index (κ1) is 22.4. The van der Waals surface area contributed by atoms with E-state index in [9.17, 15) is 4.79 Å². The van der Waals surface area contributed by atoms with Crippen LogP contribution in [0.4, 0.5) is 0 Å². The normalized spacial score (nSPS) is 17.5. The van der Waals surface area contributed by atoms with E-state index in [4.69, 9.17) is 23.2 Å². The van der Waals surface area contributed by atoms with Crippen LogP contribution in [0.25, 0.3) is 0 Å². The van der Waals surface area contributed by atoms with Crippen molar-refractivity contribution in [3.8, 4) is 0 Å². The van der Waals surface area contributed by atoms with E-state index in [1.165, 1.54) is 12.1 Å². The van der Waals surface area contributed by atoms with Gasteiger partial charge in [-0.05, 0) is 76.8 Å². The van der Waals surface area contributed by atoms with Gasteiger partial charge in [-0.25, -0.2) is 10.4 Å². The molecule has 0 atom stereocenters. The van der Waals surface area contributed by atoms with Gasteiger partial charge in [-0.15, -0.1) is 0 Å². The van der Waals surface area contributed by atoms with E-state index >= 15 is 0 Å². The zero-order chi connectivity index (χ0) is 17.4. The summed E-state index contributed by atoms with van der Waals surface area (Å²) in [5.41, 5.74) is 3.14. The van der Waals surface area contributed by atoms with Crippen LogP contribution >= 0.6 is 23.2 Å². The third kappa shape index (κ3) is 7.65. The summed E-state index contributed by atoms with van der Waals surface area (Å²) in [7, 11) is 0. The fourth-order valence-corrected chi connectivity index (χ4v) is 2.10. The van der Waals surface area contributed by atoms with Gasteiger partial charge < -0.3 is 0 Å². The summed E-state index contributed by atoms with van der Waals surface area (Å²) in [5, 5.41) is 4.41. The molecule has 0 bridgehead atoms. The molecule has 4 nitrogen and oxygen atoms in total. The zero-order valence-electron chi connectivity index (χ0n) is 13.3. The Hall–Kier alpha value is -0.611. The summed E-state index contributed by atoms with van der Waals surface area (Å²) in [6.45, 7) is 1.79. The van der Waals surface area contributed by atoms with E-state index in [2.05, 4.69) is 15.5 Å². The maximum Gasteiger partial charge on any atom is 2.00 e. The number of nitrogens with one attached hydrogen (secondary N) is 1. The summed E-state index contributed by atoms with van der Waals surface area (Å²) in [4.78, 5) is 15.7. The van der Waals surface area contributed by atoms with Gasteiger partial charge in [-0.3, -0.25) is 4.79 Å². The predicted octanol–water partition coefficient (Wildman–Crippen LogP) is 3.92. The molecule has 1 amide bonds. The van der Waals surface area contributed by atoms with Crippen molar-refractivity contribution in [2.45, 2.75) is 6.92 Å². The van der Waals surface area contributed by atoms with Crippen LogP contribution in [0.2, 0.25) is 10.2 Å². The van der Waals surface area contributed by atoms with Crippen LogP contribution in [-0.2, 0) is 17.1 Å². The molecule has 128 valence electrons. The SMILES string of the molecule is C/C(=N\NC(=O)c1nc(Cl)ccc1Cl)[C]1[CH][CH][CH][CH]1.[CH]1[CH][CH][CH][CH]1.[Fe+2]. The summed E-state index contributed by atoms with van der Waals surface area (Å²) in [6.07, 6.45) is 17.6. The van der Waals surface area contributed by atoms with E-state index in [-0.39, 0.29) is 32.9 Å². The minimum absolute atomic E-state index is 0. The summed E-state index contributed by atoms with van der Waals surface area (Å²) >= 11 is 11.6. The van der Waals surface area contributed by atoms with Gasteiger partial charge in [-0.2, -0.15) is 5.10 Å². The number of rotatable bonds is 3. The van der Waals surface area contributed by atoms with Crippen LogP contribution in [0, 0.1) is 63.7 Å². The molecule has 2 aliphatic rings. The molecule has 0 spiro atoms. The van der Waals surface area contributed by atoms with Crippen LogP contribution < -0.4 is 5.43 Å². The van der Waals surface area contributed by atoms with Crippen molar-refractivity contribution in [3.05, 3.63) is 91.7 Å². The Bertz CT molecular complexity index is 578. The number of hydrogen-bond donors (Lipinski definition) is 1. The van der Waals surface area contributed by atoms with Crippen molar-refractivity contribution in [2.24, 2.45) is 5.10 Å². The van der Waals surface area contributed by atoms with E-state index in [0.29, 0.717) is 5.71 Å². The van der Waals surface area contributed by atoms with Gasteiger partial charge in [0, 0.05) is 11.6 Å². The molecule has 2 saturated carbocycles. The predicted molar refractivity (Wildman–Crippen MR) is 96.8 cm³/mol. The van der Waals surface area contributed by atoms with E-state index < -0.39 is 5.91 Å². The van der Waals surface area contributed by atoms with E-state index in [1.807, 2.05) is 57.8 Å². The van der Waals surface area contributed by atoms with Crippen molar-refractivity contribution in [2.75, 3.05) is 0 Å². The molecule has 0 unspecified atom stereocenters. The standard InChI is InChI=1S/C13H10Cl2N3O.C5H5.Fe/c1-8(9-4-2-3-5-9)17-18-13(19)12-10(14)6-7-11(15)16-12;1-2-4-5-3-1;/h2-7H,1H3,(H,18,19);1-5H;/q;;+2/b17-8+;;. The Labute approximate surface area is 170 Å². The first-order chi connectivity index (χ1) is 11.6. The maximum atomic E-state index is 11.9. The molecule has 1 aromatic heterocycles. The topological polar surface area (TPSA) is 54.4 Å². The summed E-state index contributed by atoms with van der Waals surface area (Å²) in [5.74, 6) is 0.434. The van der Waals surface area contributed by atoms with Gasteiger partial charge in [0.2, 0.25) is 0 Å². The fraction of sp³-hybridized carbons (Fsp3) is 0.0556. The molecule has 0 aromatic carbocycles. The quantitative estimate of drug-likeness (QED) is 0.352. The molecule has 25 heavy (non-hydrogen) atoms. The second-order valence-electron chi connectivity index (χ2n) is 4.74. The molecule has 3 rings (SSSR count). The van der Waals surface area contributed by atoms with Gasteiger partial charge in [0.05, 0.1) is 5.02 Å². The molecule has 10 radical (unpaired) electrons. The number of carbonyl (C=O) groups excluding carboxylic acids is 1. The Balaban J connectivity index is 0.000000448. The monoisotopic (exact) mass is 415 g/mol. The largest absolute Gasteiger partial charge is 2.00 e. The first-order valence-corrected chi connectivity index (χ1v) is 7.89. The van der Waals surface area contributed by atoms with Crippen LogP contribution in [-0.4, -0.2) is 16.6 Å². The molecular weight excluding hydrogens is 401 g/mol. The van der Waals surface area contributed by atoms with Gasteiger partial charge in [0.1, 0.15) is 10.8 Å². The number of halogens is 2. The smallest absolute Gasteiger partial charge is 0.265 e. The average molecular weight is 416 g/mol. The van der Waals surface area contributed by atoms with Gasteiger partial charge in [-0.1, -0.05) is 23.2 Å². The Morgan fingerprint density at radius 2 is 1.56 bits per heavy atom. The number of pyridine rings is 1. The minimum atomic E-state index is -0.501. The van der Waals surface area contributed by atoms with Crippen molar-refractivity contribution < 1.29 is 21.9 Å². The molecule has 0 saturated heterocycles. The van der Waals surface area contributed by atoms with Gasteiger partial charge in [0.15, 0.2) is 0 Å². The minimum Gasteiger partial charge on any atom is -0.265 e. The molecule has 2 fully saturated rings. The fourth-order valence-electron chi connectivity index (χ4n) is 1.77. The summed E-state index contributed by atoms with van der Waals surface area (Å²) in [6, 6.07) is 3.03. The van der Waals surface area contributed by atoms with Crippen molar-refractivity contribution in [3.63, 3.8) is 0 Å². The molecule has 7 heteroatoms. The summed E-state index contributed by atoms with van der Waals surface area (Å²) < 4.78 is 0. The second kappa shape index (κ2) is 11.9. The number of amides is 1. The van der Waals surface area contributed by atoms with E-state index in [0.717, 1.165) is 5.92 Å². The number of nitrogens with zero attached hydrogens (tertiary/aromatic N) is 2. The number of aromatic nitrogens is 1. The van der Waals surface area contributed by atoms with Crippen LogP contribution in [0.5, 0.6) is 0 Å². The van der Waals surface area contributed by atoms with Crippen LogP contribution in [0.1, 0.15) is 17.4 Å². The second-order valence-corrected chi connectivity index (χ2v) is 5.53.